The van der Waals surface area contributed by atoms with Crippen LogP contribution >= 0.6 is 22.7 Å². The zero-order valence-electron chi connectivity index (χ0n) is 22.7. The van der Waals surface area contributed by atoms with E-state index in [1.165, 1.54) is 0 Å². The molecule has 0 saturated heterocycles. The monoisotopic (exact) mass is 578 g/mol. The van der Waals surface area contributed by atoms with E-state index in [-0.39, 0.29) is 0 Å². The lowest BCUT2D eigenvalue weighted by molar-refractivity contribution is 1.22. The van der Waals surface area contributed by atoms with Gasteiger partial charge in [0.15, 0.2) is 16.9 Å². The van der Waals surface area contributed by atoms with Gasteiger partial charge in [0.05, 0.1) is 20.8 Å². The molecule has 0 unspecified atom stereocenters. The van der Waals surface area contributed by atoms with E-state index in [1.54, 1.807) is 22.7 Å². The predicted molar refractivity (Wildman–Crippen MR) is 173 cm³/mol. The number of rotatable bonds is 4. The van der Waals surface area contributed by atoms with Crippen molar-refractivity contribution in [3.8, 4) is 43.7 Å². The molecular formula is C34H22N6S2. The van der Waals surface area contributed by atoms with Crippen LogP contribution < -0.4 is 0 Å². The molecule has 0 spiro atoms. The minimum atomic E-state index is 0.708. The number of hydrogen-bond donors (Lipinski definition) is 0. The van der Waals surface area contributed by atoms with Gasteiger partial charge in [0, 0.05) is 39.0 Å². The molecule has 0 bridgehead atoms. The number of hydrogen-bond acceptors (Lipinski definition) is 8. The summed E-state index contributed by atoms with van der Waals surface area (Å²) in [4.78, 5) is 28.7. The van der Waals surface area contributed by atoms with Gasteiger partial charge < -0.3 is 0 Å². The third-order valence-electron chi connectivity index (χ3n) is 7.15. The zero-order chi connectivity index (χ0) is 28.2. The molecule has 6 nitrogen and oxygen atoms in total. The molecule has 0 saturated carbocycles. The van der Waals surface area contributed by atoms with Gasteiger partial charge in [-0.05, 0) is 74.5 Å². The fourth-order valence-corrected chi connectivity index (χ4v) is 6.82. The standard InChI is InChI=1S/C34H22N6S2/c1-19-9-15-28-31(35-19)39-33(41-28)24-7-3-5-22(17-24)26-13-11-21-12-14-27(38-30(21)37-26)23-6-4-8-25(18-23)34-40-32-29(42-34)16-10-20(2)36-32/h3-18H,1-2H3. The summed E-state index contributed by atoms with van der Waals surface area (Å²) in [6.07, 6.45) is 0. The molecule has 6 aromatic heterocycles. The van der Waals surface area contributed by atoms with Crippen molar-refractivity contribution in [2.45, 2.75) is 13.8 Å². The summed E-state index contributed by atoms with van der Waals surface area (Å²) in [6.45, 7) is 3.98. The summed E-state index contributed by atoms with van der Waals surface area (Å²) in [5.41, 5.74) is 10.1. The van der Waals surface area contributed by atoms with Crippen LogP contribution in [0.2, 0.25) is 0 Å². The normalized spacial score (nSPS) is 11.6. The molecule has 200 valence electrons. The van der Waals surface area contributed by atoms with Gasteiger partial charge >= 0.3 is 0 Å². The second kappa shape index (κ2) is 9.87. The van der Waals surface area contributed by atoms with Crippen molar-refractivity contribution in [3.05, 3.63) is 108 Å². The highest BCUT2D eigenvalue weighted by Crippen LogP contribution is 2.34. The van der Waals surface area contributed by atoms with E-state index in [0.717, 1.165) is 81.1 Å². The van der Waals surface area contributed by atoms with Crippen molar-refractivity contribution in [2.24, 2.45) is 0 Å². The zero-order valence-corrected chi connectivity index (χ0v) is 24.4. The minimum Gasteiger partial charge on any atom is -0.233 e. The Morgan fingerprint density at radius 3 is 1.40 bits per heavy atom. The summed E-state index contributed by atoms with van der Waals surface area (Å²) in [6, 6.07) is 33.2. The fraction of sp³-hybridized carbons (Fsp3) is 0.0588. The average molecular weight is 579 g/mol. The molecule has 6 heterocycles. The smallest absolute Gasteiger partial charge is 0.171 e. The number of pyridine rings is 4. The summed E-state index contributed by atoms with van der Waals surface area (Å²) in [5.74, 6) is 0. The van der Waals surface area contributed by atoms with Gasteiger partial charge in [-0.15, -0.1) is 22.7 Å². The lowest BCUT2D eigenvalue weighted by atomic mass is 10.1. The summed E-state index contributed by atoms with van der Waals surface area (Å²) in [5, 5.41) is 2.89. The first kappa shape index (κ1) is 24.8. The lowest BCUT2D eigenvalue weighted by Crippen LogP contribution is -1.91. The van der Waals surface area contributed by atoms with Crippen molar-refractivity contribution in [1.82, 2.24) is 29.9 Å². The number of thiazole rings is 2. The molecule has 0 atom stereocenters. The molecule has 0 amide bonds. The van der Waals surface area contributed by atoms with Gasteiger partial charge in [0.25, 0.3) is 0 Å². The van der Waals surface area contributed by atoms with Gasteiger partial charge in [0.2, 0.25) is 0 Å². The molecule has 0 fully saturated rings. The van der Waals surface area contributed by atoms with Crippen LogP contribution in [-0.4, -0.2) is 29.9 Å². The maximum absolute atomic E-state index is 4.98. The SMILES string of the molecule is Cc1ccc2sc(-c3cccc(-c4ccc5ccc(-c6cccc(-c7nc8nc(C)ccc8s7)c6)nc5n4)c3)nc2n1. The number of nitrogens with zero attached hydrogens (tertiary/aromatic N) is 6. The molecule has 8 aromatic rings. The molecule has 0 N–H and O–H groups in total. The Kier molecular flexibility index (Phi) is 5.84. The average Bonchev–Trinajstić information content (AvgIpc) is 3.64. The van der Waals surface area contributed by atoms with Gasteiger partial charge in [-0.25, -0.2) is 29.9 Å². The van der Waals surface area contributed by atoms with E-state index >= 15 is 0 Å². The second-order valence-corrected chi connectivity index (χ2v) is 12.2. The van der Waals surface area contributed by atoms with Gasteiger partial charge in [-0.3, -0.25) is 0 Å². The molecular weight excluding hydrogens is 557 g/mol. The molecule has 8 rings (SSSR count). The van der Waals surface area contributed by atoms with Crippen molar-refractivity contribution >= 4 is 54.4 Å². The van der Waals surface area contributed by atoms with Crippen LogP contribution in [0.1, 0.15) is 11.4 Å². The van der Waals surface area contributed by atoms with Gasteiger partial charge in [0.1, 0.15) is 10.0 Å². The molecule has 42 heavy (non-hydrogen) atoms. The van der Waals surface area contributed by atoms with Crippen LogP contribution in [0.5, 0.6) is 0 Å². The highest BCUT2D eigenvalue weighted by Gasteiger charge is 2.12. The van der Waals surface area contributed by atoms with E-state index in [0.29, 0.717) is 5.65 Å². The molecule has 2 aromatic carbocycles. The largest absolute Gasteiger partial charge is 0.233 e. The molecule has 0 radical (unpaired) electrons. The summed E-state index contributed by atoms with van der Waals surface area (Å²) in [7, 11) is 0. The molecule has 0 aliphatic rings. The van der Waals surface area contributed by atoms with Crippen LogP contribution in [0.3, 0.4) is 0 Å². The Hall–Kier alpha value is -4.92. The topological polar surface area (TPSA) is 77.3 Å². The lowest BCUT2D eigenvalue weighted by Gasteiger charge is -2.07. The summed E-state index contributed by atoms with van der Waals surface area (Å²) < 4.78 is 2.17. The van der Waals surface area contributed by atoms with E-state index < -0.39 is 0 Å². The second-order valence-electron chi connectivity index (χ2n) is 10.2. The highest BCUT2D eigenvalue weighted by atomic mass is 32.1. The Balaban J connectivity index is 1.14. The number of benzene rings is 2. The van der Waals surface area contributed by atoms with Crippen molar-refractivity contribution < 1.29 is 0 Å². The Morgan fingerprint density at radius 1 is 0.429 bits per heavy atom. The molecule has 0 aliphatic heterocycles. The van der Waals surface area contributed by atoms with Crippen molar-refractivity contribution in [2.75, 3.05) is 0 Å². The van der Waals surface area contributed by atoms with E-state index in [9.17, 15) is 0 Å². The van der Waals surface area contributed by atoms with Gasteiger partial charge in [-0.1, -0.05) is 36.4 Å². The van der Waals surface area contributed by atoms with E-state index in [4.69, 9.17) is 19.9 Å². The van der Waals surface area contributed by atoms with Crippen LogP contribution in [-0.2, 0) is 0 Å². The minimum absolute atomic E-state index is 0.708. The van der Waals surface area contributed by atoms with Crippen molar-refractivity contribution in [3.63, 3.8) is 0 Å². The number of aromatic nitrogens is 6. The molecule has 0 aliphatic carbocycles. The van der Waals surface area contributed by atoms with Crippen LogP contribution in [0, 0.1) is 13.8 Å². The fourth-order valence-electron chi connectivity index (χ4n) is 5.02. The Labute approximate surface area is 249 Å². The number of fused-ring (bicyclic) bond motifs is 3. The van der Waals surface area contributed by atoms with E-state index in [1.807, 2.05) is 26.0 Å². The Bertz CT molecular complexity index is 2140. The molecule has 8 heteroatoms. The van der Waals surface area contributed by atoms with Crippen LogP contribution in [0.25, 0.3) is 75.4 Å². The quantitative estimate of drug-likeness (QED) is 0.207. The van der Waals surface area contributed by atoms with Crippen LogP contribution in [0.4, 0.5) is 0 Å². The Morgan fingerprint density at radius 2 is 0.905 bits per heavy atom. The first-order valence-electron chi connectivity index (χ1n) is 13.5. The third-order valence-corrected chi connectivity index (χ3v) is 9.27. The highest BCUT2D eigenvalue weighted by molar-refractivity contribution is 7.22. The van der Waals surface area contributed by atoms with E-state index in [2.05, 4.69) is 94.9 Å². The predicted octanol–water partition coefficient (Wildman–Crippen LogP) is 8.92. The third kappa shape index (κ3) is 4.51. The van der Waals surface area contributed by atoms with Crippen molar-refractivity contribution in [1.29, 1.82) is 0 Å². The first-order chi connectivity index (χ1) is 20.6. The van der Waals surface area contributed by atoms with Crippen LogP contribution in [0.15, 0.2) is 97.1 Å². The maximum atomic E-state index is 4.98. The first-order valence-corrected chi connectivity index (χ1v) is 15.2. The van der Waals surface area contributed by atoms with Gasteiger partial charge in [-0.2, -0.15) is 0 Å². The summed E-state index contributed by atoms with van der Waals surface area (Å²) >= 11 is 3.31. The maximum Gasteiger partial charge on any atom is 0.171 e. The number of aryl methyl sites for hydroxylation is 2.